The van der Waals surface area contributed by atoms with Crippen LogP contribution in [0, 0.1) is 30.1 Å². The van der Waals surface area contributed by atoms with Gasteiger partial charge in [-0.25, -0.2) is 8.42 Å². The van der Waals surface area contributed by atoms with Crippen LogP contribution >= 0.6 is 11.6 Å². The van der Waals surface area contributed by atoms with Crippen LogP contribution in [-0.4, -0.2) is 63.2 Å². The van der Waals surface area contributed by atoms with Crippen molar-refractivity contribution >= 4 is 33.3 Å². The molecular weight excluding hydrogens is 430 g/mol. The minimum Gasteiger partial charge on any atom is -0.378 e. The number of hydrogen-bond donors (Lipinski definition) is 1. The molecule has 10 heteroatoms. The second-order valence-corrected chi connectivity index (χ2v) is 10.2. The van der Waals surface area contributed by atoms with Crippen LogP contribution in [0.3, 0.4) is 0 Å². The number of nitriles is 1. The highest BCUT2D eigenvalue weighted by Gasteiger charge is 2.48. The van der Waals surface area contributed by atoms with Crippen LogP contribution in [-0.2, 0) is 24.2 Å². The number of nitrogens with one attached hydrogen (secondary N) is 1. The third-order valence-corrected chi connectivity index (χ3v) is 8.29. The fourth-order valence-corrected chi connectivity index (χ4v) is 6.47. The Labute approximate surface area is 181 Å². The first kappa shape index (κ1) is 22.5. The van der Waals surface area contributed by atoms with Gasteiger partial charge in [0.2, 0.25) is 11.8 Å². The van der Waals surface area contributed by atoms with Crippen LogP contribution in [0.2, 0.25) is 5.02 Å². The lowest BCUT2D eigenvalue weighted by Crippen LogP contribution is -2.46. The number of amides is 2. The van der Waals surface area contributed by atoms with Gasteiger partial charge in [-0.2, -0.15) is 5.26 Å². The third-order valence-electron chi connectivity index (χ3n) is 5.72. The van der Waals surface area contributed by atoms with E-state index in [2.05, 4.69) is 5.32 Å². The Morgan fingerprint density at radius 1 is 1.27 bits per heavy atom. The standard InChI is InChI=1S/C20H24ClN3O5S/c1-13-10-14(21)2-3-18(13)30(27,28)15-11-16(19(25)23-5-4-22)17(12-15)20(26)24-6-8-29-9-7-24/h2-3,10,15-17H,5-9,11-12H2,1H3,(H,23,25)/t15-,16-,17?/m1/s1. The van der Waals surface area contributed by atoms with Gasteiger partial charge in [-0.1, -0.05) is 11.6 Å². The molecule has 30 heavy (non-hydrogen) atoms. The SMILES string of the molecule is Cc1cc(Cl)ccc1S(=O)(=O)[C@H]1CC(C(=O)N2CCOCC2)[C@H](C(=O)NCC#N)C1. The summed E-state index contributed by atoms with van der Waals surface area (Å²) in [6, 6.07) is 6.40. The van der Waals surface area contributed by atoms with Crippen LogP contribution < -0.4 is 5.32 Å². The minimum absolute atomic E-state index is 0.0302. The maximum Gasteiger partial charge on any atom is 0.226 e. The maximum atomic E-state index is 13.3. The molecular formula is C20H24ClN3O5S. The number of hydrogen-bond acceptors (Lipinski definition) is 6. The molecule has 1 aromatic carbocycles. The largest absolute Gasteiger partial charge is 0.378 e. The predicted octanol–water partition coefficient (Wildman–Crippen LogP) is 1.32. The topological polar surface area (TPSA) is 117 Å². The Bertz CT molecular complexity index is 969. The van der Waals surface area contributed by atoms with Crippen LogP contribution in [0.25, 0.3) is 0 Å². The zero-order valence-electron chi connectivity index (χ0n) is 16.6. The van der Waals surface area contributed by atoms with Crippen molar-refractivity contribution in [3.63, 3.8) is 0 Å². The predicted molar refractivity (Wildman–Crippen MR) is 109 cm³/mol. The number of ether oxygens (including phenoxy) is 1. The van der Waals surface area contributed by atoms with Crippen LogP contribution in [0.1, 0.15) is 18.4 Å². The van der Waals surface area contributed by atoms with E-state index < -0.39 is 32.8 Å². The fraction of sp³-hybridized carbons (Fsp3) is 0.550. The Balaban J connectivity index is 1.89. The Kier molecular flexibility index (Phi) is 7.01. The third kappa shape index (κ3) is 4.61. The van der Waals surface area contributed by atoms with E-state index in [1.165, 1.54) is 12.1 Å². The molecule has 2 fully saturated rings. The quantitative estimate of drug-likeness (QED) is 0.672. The monoisotopic (exact) mass is 453 g/mol. The molecule has 0 radical (unpaired) electrons. The smallest absolute Gasteiger partial charge is 0.226 e. The molecule has 1 N–H and O–H groups in total. The lowest BCUT2D eigenvalue weighted by molar-refractivity contribution is -0.144. The van der Waals surface area contributed by atoms with Gasteiger partial charge >= 0.3 is 0 Å². The molecule has 3 atom stereocenters. The fourth-order valence-electron chi connectivity index (χ4n) is 4.19. The van der Waals surface area contributed by atoms with Gasteiger partial charge in [0, 0.05) is 18.1 Å². The summed E-state index contributed by atoms with van der Waals surface area (Å²) in [5.41, 5.74) is 0.524. The van der Waals surface area contributed by atoms with Crippen molar-refractivity contribution in [3.8, 4) is 6.07 Å². The number of benzene rings is 1. The summed E-state index contributed by atoms with van der Waals surface area (Å²) in [6.45, 7) is 3.12. The summed E-state index contributed by atoms with van der Waals surface area (Å²) in [5.74, 6) is -2.26. The highest BCUT2D eigenvalue weighted by atomic mass is 35.5. The number of aryl methyl sites for hydroxylation is 1. The van der Waals surface area contributed by atoms with E-state index in [1.807, 2.05) is 6.07 Å². The van der Waals surface area contributed by atoms with Gasteiger partial charge in [-0.3, -0.25) is 9.59 Å². The Morgan fingerprint density at radius 3 is 2.57 bits per heavy atom. The summed E-state index contributed by atoms with van der Waals surface area (Å²) in [4.78, 5) is 27.6. The zero-order chi connectivity index (χ0) is 21.9. The molecule has 8 nitrogen and oxygen atoms in total. The summed E-state index contributed by atoms with van der Waals surface area (Å²) < 4.78 is 31.9. The molecule has 1 unspecified atom stereocenters. The molecule has 2 amide bonds. The van der Waals surface area contributed by atoms with E-state index in [9.17, 15) is 18.0 Å². The summed E-state index contributed by atoms with van der Waals surface area (Å²) >= 11 is 5.96. The molecule has 2 aliphatic rings. The lowest BCUT2D eigenvalue weighted by atomic mass is 9.93. The first-order valence-corrected chi connectivity index (χ1v) is 11.7. The van der Waals surface area contributed by atoms with Gasteiger partial charge < -0.3 is 15.0 Å². The summed E-state index contributed by atoms with van der Waals surface area (Å²) in [5, 5.41) is 10.8. The molecule has 0 bridgehead atoms. The van der Waals surface area contributed by atoms with Gasteiger partial charge in [0.05, 0.1) is 41.3 Å². The van der Waals surface area contributed by atoms with Crippen molar-refractivity contribution in [1.29, 1.82) is 5.26 Å². The van der Waals surface area contributed by atoms with E-state index >= 15 is 0 Å². The van der Waals surface area contributed by atoms with Crippen molar-refractivity contribution in [2.75, 3.05) is 32.8 Å². The molecule has 0 aromatic heterocycles. The second-order valence-electron chi connectivity index (χ2n) is 7.57. The second kappa shape index (κ2) is 9.33. The van der Waals surface area contributed by atoms with Crippen molar-refractivity contribution in [1.82, 2.24) is 10.2 Å². The number of nitrogens with zero attached hydrogens (tertiary/aromatic N) is 2. The average molecular weight is 454 g/mol. The molecule has 1 heterocycles. The number of halogens is 1. The van der Waals surface area contributed by atoms with Crippen molar-refractivity contribution in [3.05, 3.63) is 28.8 Å². The normalized spacial score (nSPS) is 24.3. The van der Waals surface area contributed by atoms with Crippen molar-refractivity contribution in [2.45, 2.75) is 29.9 Å². The molecule has 162 valence electrons. The summed E-state index contributed by atoms with van der Waals surface area (Å²) in [7, 11) is -3.77. The first-order valence-electron chi connectivity index (χ1n) is 9.77. The van der Waals surface area contributed by atoms with Crippen LogP contribution in [0.5, 0.6) is 0 Å². The first-order chi connectivity index (χ1) is 14.3. The van der Waals surface area contributed by atoms with E-state index in [-0.39, 0.29) is 30.2 Å². The van der Waals surface area contributed by atoms with E-state index in [4.69, 9.17) is 21.6 Å². The van der Waals surface area contributed by atoms with Gasteiger partial charge in [0.1, 0.15) is 6.54 Å². The van der Waals surface area contributed by atoms with Crippen molar-refractivity contribution in [2.24, 2.45) is 11.8 Å². The molecule has 1 aliphatic carbocycles. The lowest BCUT2D eigenvalue weighted by Gasteiger charge is -2.30. The number of carbonyl (C=O) groups excluding carboxylic acids is 2. The molecule has 1 saturated carbocycles. The van der Waals surface area contributed by atoms with E-state index in [0.29, 0.717) is 36.9 Å². The maximum absolute atomic E-state index is 13.3. The average Bonchev–Trinajstić information content (AvgIpc) is 3.18. The number of sulfone groups is 1. The molecule has 1 aromatic rings. The van der Waals surface area contributed by atoms with Gasteiger partial charge in [0.15, 0.2) is 9.84 Å². The van der Waals surface area contributed by atoms with Crippen molar-refractivity contribution < 1.29 is 22.7 Å². The molecule has 1 saturated heterocycles. The van der Waals surface area contributed by atoms with Gasteiger partial charge in [-0.15, -0.1) is 0 Å². The molecule has 3 rings (SSSR count). The Morgan fingerprint density at radius 2 is 1.93 bits per heavy atom. The molecule has 1 aliphatic heterocycles. The number of carbonyl (C=O) groups is 2. The Hall–Kier alpha value is -2.15. The van der Waals surface area contributed by atoms with E-state index in [0.717, 1.165) is 0 Å². The zero-order valence-corrected chi connectivity index (χ0v) is 18.2. The number of morpholine rings is 1. The molecule has 0 spiro atoms. The van der Waals surface area contributed by atoms with Crippen LogP contribution in [0.15, 0.2) is 23.1 Å². The van der Waals surface area contributed by atoms with Gasteiger partial charge in [-0.05, 0) is 43.5 Å². The van der Waals surface area contributed by atoms with E-state index in [1.54, 1.807) is 17.9 Å². The highest BCUT2D eigenvalue weighted by molar-refractivity contribution is 7.92. The number of rotatable bonds is 5. The summed E-state index contributed by atoms with van der Waals surface area (Å²) in [6.07, 6.45) is 0.0909. The highest BCUT2D eigenvalue weighted by Crippen LogP contribution is 2.40. The minimum atomic E-state index is -3.77. The van der Waals surface area contributed by atoms with Gasteiger partial charge in [0.25, 0.3) is 0 Å². The van der Waals surface area contributed by atoms with Crippen LogP contribution in [0.4, 0.5) is 0 Å².